The molecule has 1 fully saturated rings. The molecule has 1 heterocycles. The fraction of sp³-hybridized carbons (Fsp3) is 0.483. The maximum absolute atomic E-state index is 13.5. The van der Waals surface area contributed by atoms with Crippen LogP contribution in [0.25, 0.3) is 0 Å². The van der Waals surface area contributed by atoms with E-state index in [1.807, 2.05) is 61.5 Å². The first-order valence-electron chi connectivity index (χ1n) is 13.0. The Morgan fingerprint density at radius 2 is 1.78 bits per heavy atom. The second kappa shape index (κ2) is 13.7. The number of para-hydroxylation sites is 1. The zero-order valence-electron chi connectivity index (χ0n) is 21.6. The maximum Gasteiger partial charge on any atom is 0.308 e. The zero-order valence-corrected chi connectivity index (χ0v) is 21.6. The molecule has 1 N–H and O–H groups in total. The van der Waals surface area contributed by atoms with Gasteiger partial charge in [-0.2, -0.15) is 0 Å². The predicted molar refractivity (Wildman–Crippen MR) is 139 cm³/mol. The van der Waals surface area contributed by atoms with Crippen LogP contribution in [-0.4, -0.2) is 54.5 Å². The molecule has 3 unspecified atom stereocenters. The molecule has 1 saturated heterocycles. The highest BCUT2D eigenvalue weighted by Crippen LogP contribution is 2.30. The van der Waals surface area contributed by atoms with E-state index in [9.17, 15) is 14.4 Å². The van der Waals surface area contributed by atoms with Gasteiger partial charge in [0, 0.05) is 13.1 Å². The van der Waals surface area contributed by atoms with Gasteiger partial charge in [-0.1, -0.05) is 69.3 Å². The lowest BCUT2D eigenvalue weighted by molar-refractivity contribution is -0.154. The number of rotatable bonds is 12. The van der Waals surface area contributed by atoms with Gasteiger partial charge < -0.3 is 19.7 Å². The molecule has 2 aromatic rings. The van der Waals surface area contributed by atoms with Gasteiger partial charge in [0.1, 0.15) is 11.8 Å². The van der Waals surface area contributed by atoms with Gasteiger partial charge in [0.15, 0.2) is 6.10 Å². The lowest BCUT2D eigenvalue weighted by atomic mass is 9.97. The van der Waals surface area contributed by atoms with Crippen LogP contribution in [-0.2, 0) is 25.5 Å². The van der Waals surface area contributed by atoms with Crippen LogP contribution in [0.2, 0.25) is 0 Å². The van der Waals surface area contributed by atoms with E-state index in [4.69, 9.17) is 9.47 Å². The van der Waals surface area contributed by atoms with Crippen molar-refractivity contribution in [2.45, 2.75) is 70.9 Å². The minimum absolute atomic E-state index is 0.178. The summed E-state index contributed by atoms with van der Waals surface area (Å²) >= 11 is 0. The number of hydrogen-bond donors (Lipinski definition) is 1. The molecule has 36 heavy (non-hydrogen) atoms. The summed E-state index contributed by atoms with van der Waals surface area (Å²) in [5.74, 6) is -0.139. The number of carbonyl (C=O) groups is 3. The number of hydrogen-bond acceptors (Lipinski definition) is 5. The largest absolute Gasteiger partial charge is 0.480 e. The van der Waals surface area contributed by atoms with Crippen molar-refractivity contribution in [1.82, 2.24) is 10.2 Å². The minimum Gasteiger partial charge on any atom is -0.480 e. The molecular weight excluding hydrogens is 456 g/mol. The van der Waals surface area contributed by atoms with E-state index in [0.29, 0.717) is 37.6 Å². The summed E-state index contributed by atoms with van der Waals surface area (Å²) in [5.41, 5.74) is 2.23. The van der Waals surface area contributed by atoms with E-state index in [-0.39, 0.29) is 24.8 Å². The fourth-order valence-electron chi connectivity index (χ4n) is 4.37. The first-order valence-corrected chi connectivity index (χ1v) is 13.0. The lowest BCUT2D eigenvalue weighted by Crippen LogP contribution is -2.60. The third kappa shape index (κ3) is 7.33. The lowest BCUT2D eigenvalue weighted by Gasteiger charge is -2.36. The summed E-state index contributed by atoms with van der Waals surface area (Å²) in [7, 11) is 0. The molecule has 0 spiro atoms. The normalized spacial score (nSPS) is 17.1. The van der Waals surface area contributed by atoms with Gasteiger partial charge in [-0.25, -0.2) is 0 Å². The average Bonchev–Trinajstić information content (AvgIpc) is 2.91. The molecule has 7 heteroatoms. The van der Waals surface area contributed by atoms with Crippen LogP contribution in [0.4, 0.5) is 0 Å². The molecule has 0 saturated carbocycles. The predicted octanol–water partition coefficient (Wildman–Crippen LogP) is 4.25. The number of amides is 2. The topological polar surface area (TPSA) is 84.9 Å². The van der Waals surface area contributed by atoms with Crippen molar-refractivity contribution >= 4 is 17.8 Å². The van der Waals surface area contributed by atoms with Gasteiger partial charge in [-0.05, 0) is 48.8 Å². The number of carbonyl (C=O) groups excluding carboxylic acids is 3. The van der Waals surface area contributed by atoms with Crippen LogP contribution in [0.15, 0.2) is 54.6 Å². The number of esters is 1. The average molecular weight is 495 g/mol. The van der Waals surface area contributed by atoms with Gasteiger partial charge in [0.25, 0.3) is 5.91 Å². The van der Waals surface area contributed by atoms with Crippen LogP contribution >= 0.6 is 0 Å². The molecule has 7 nitrogen and oxygen atoms in total. The number of nitrogens with one attached hydrogen (secondary N) is 1. The Bertz CT molecular complexity index is 1010. The first kappa shape index (κ1) is 27.2. The first-order chi connectivity index (χ1) is 17.4. The van der Waals surface area contributed by atoms with Crippen molar-refractivity contribution < 1.29 is 23.9 Å². The van der Waals surface area contributed by atoms with Crippen LogP contribution in [0.3, 0.4) is 0 Å². The van der Waals surface area contributed by atoms with Crippen LogP contribution in [0.5, 0.6) is 5.75 Å². The molecule has 2 aromatic carbocycles. The molecule has 194 valence electrons. The molecule has 3 rings (SSSR count). The molecule has 2 amide bonds. The Labute approximate surface area is 214 Å². The summed E-state index contributed by atoms with van der Waals surface area (Å²) in [6.07, 6.45) is 1.97. The van der Waals surface area contributed by atoms with Gasteiger partial charge in [-0.15, -0.1) is 0 Å². The molecule has 1 aliphatic heterocycles. The smallest absolute Gasteiger partial charge is 0.308 e. The van der Waals surface area contributed by atoms with Gasteiger partial charge in [0.2, 0.25) is 5.91 Å². The molecule has 0 aromatic heterocycles. The number of benzene rings is 2. The Morgan fingerprint density at radius 1 is 1.06 bits per heavy atom. The molecule has 1 aliphatic rings. The Morgan fingerprint density at radius 3 is 2.50 bits per heavy atom. The van der Waals surface area contributed by atoms with Crippen molar-refractivity contribution in [1.29, 1.82) is 0 Å². The summed E-state index contributed by atoms with van der Waals surface area (Å²) in [5, 5.41) is 2.77. The van der Waals surface area contributed by atoms with E-state index in [1.165, 1.54) is 10.5 Å². The minimum atomic E-state index is -0.907. The standard InChI is InChI=1S/C29H38N2O5/c1-4-21(3)23-15-9-10-16-26(23)36-25(5-2)29(34)31-18-17-30-28(33)24(31)20-27(32)35-19-11-14-22-12-7-6-8-13-22/h6-10,12-13,15-16,21,24-25H,4-5,11,14,17-20H2,1-3H3,(H,30,33). The summed E-state index contributed by atoms with van der Waals surface area (Å²) in [4.78, 5) is 40.2. The van der Waals surface area contributed by atoms with Gasteiger partial charge >= 0.3 is 5.97 Å². The Kier molecular flexibility index (Phi) is 10.3. The highest BCUT2D eigenvalue weighted by Gasteiger charge is 2.38. The second-order valence-corrected chi connectivity index (χ2v) is 9.21. The van der Waals surface area contributed by atoms with Crippen molar-refractivity contribution in [2.75, 3.05) is 19.7 Å². The van der Waals surface area contributed by atoms with Crippen molar-refractivity contribution in [3.05, 3.63) is 65.7 Å². The van der Waals surface area contributed by atoms with Gasteiger partial charge in [0.05, 0.1) is 13.0 Å². The van der Waals surface area contributed by atoms with E-state index in [0.717, 1.165) is 18.4 Å². The summed E-state index contributed by atoms with van der Waals surface area (Å²) < 4.78 is 11.6. The quantitative estimate of drug-likeness (QED) is 0.352. The fourth-order valence-corrected chi connectivity index (χ4v) is 4.37. The second-order valence-electron chi connectivity index (χ2n) is 9.21. The van der Waals surface area contributed by atoms with Crippen LogP contribution in [0.1, 0.15) is 63.5 Å². The van der Waals surface area contributed by atoms with E-state index in [2.05, 4.69) is 19.2 Å². The number of aryl methyl sites for hydroxylation is 1. The molecule has 3 atom stereocenters. The Hall–Kier alpha value is -3.35. The molecular formula is C29H38N2O5. The van der Waals surface area contributed by atoms with E-state index < -0.39 is 18.1 Å². The van der Waals surface area contributed by atoms with E-state index in [1.54, 1.807) is 0 Å². The maximum atomic E-state index is 13.5. The number of ether oxygens (including phenoxy) is 2. The zero-order chi connectivity index (χ0) is 25.9. The number of piperazine rings is 1. The van der Waals surface area contributed by atoms with Gasteiger partial charge in [-0.3, -0.25) is 14.4 Å². The van der Waals surface area contributed by atoms with Crippen molar-refractivity contribution in [3.8, 4) is 5.75 Å². The SMILES string of the molecule is CCC(Oc1ccccc1C(C)CC)C(=O)N1CCNC(=O)C1CC(=O)OCCCc1ccccc1. The van der Waals surface area contributed by atoms with Crippen molar-refractivity contribution in [3.63, 3.8) is 0 Å². The van der Waals surface area contributed by atoms with Crippen LogP contribution in [0, 0.1) is 0 Å². The Balaban J connectivity index is 1.61. The summed E-state index contributed by atoms with van der Waals surface area (Å²) in [6, 6.07) is 16.8. The number of nitrogens with zero attached hydrogens (tertiary/aromatic N) is 1. The van der Waals surface area contributed by atoms with Crippen molar-refractivity contribution in [2.24, 2.45) is 0 Å². The molecule has 0 bridgehead atoms. The molecule has 0 aliphatic carbocycles. The third-order valence-corrected chi connectivity index (χ3v) is 6.67. The third-order valence-electron chi connectivity index (χ3n) is 6.67. The molecule has 0 radical (unpaired) electrons. The highest BCUT2D eigenvalue weighted by molar-refractivity contribution is 5.93. The van der Waals surface area contributed by atoms with Crippen LogP contribution < -0.4 is 10.1 Å². The van der Waals surface area contributed by atoms with E-state index >= 15 is 0 Å². The monoisotopic (exact) mass is 494 g/mol. The highest BCUT2D eigenvalue weighted by atomic mass is 16.5. The summed E-state index contributed by atoms with van der Waals surface area (Å²) in [6.45, 7) is 7.05.